The molecule has 13 heavy (non-hydrogen) atoms. The normalized spacial score (nSPS) is 28.1. The fourth-order valence-electron chi connectivity index (χ4n) is 1.36. The number of amides is 1. The molecule has 2 aliphatic rings. The van der Waals surface area contributed by atoms with Crippen molar-refractivity contribution in [3.05, 3.63) is 22.8 Å². The maximum atomic E-state index is 11.5. The fraction of sp³-hybridized carbons (Fsp3) is 0.333. The van der Waals surface area contributed by atoms with Crippen molar-refractivity contribution in [2.75, 3.05) is 13.2 Å². The molecule has 3 nitrogen and oxygen atoms in total. The van der Waals surface area contributed by atoms with Crippen molar-refractivity contribution < 1.29 is 14.1 Å². The lowest BCUT2D eigenvalue weighted by Gasteiger charge is -1.99. The quantitative estimate of drug-likeness (QED) is 0.598. The molecule has 2 rings (SSSR count). The second-order valence-electron chi connectivity index (χ2n) is 2.92. The van der Waals surface area contributed by atoms with Crippen LogP contribution in [0.15, 0.2) is 22.8 Å². The van der Waals surface area contributed by atoms with Gasteiger partial charge in [-0.1, -0.05) is 15.9 Å². The smallest absolute Gasteiger partial charge is 0.370 e. The van der Waals surface area contributed by atoms with Crippen molar-refractivity contribution in [2.24, 2.45) is 0 Å². The van der Waals surface area contributed by atoms with Crippen LogP contribution in [0.25, 0.3) is 0 Å². The summed E-state index contributed by atoms with van der Waals surface area (Å²) in [6, 6.07) is 0. The Balaban J connectivity index is 2.32. The molecule has 4 heteroatoms. The number of hydrogen-bond donors (Lipinski definition) is 0. The largest absolute Gasteiger partial charge is 0.418 e. The van der Waals surface area contributed by atoms with E-state index in [9.17, 15) is 4.79 Å². The molecule has 0 radical (unpaired) electrons. The Morgan fingerprint density at radius 2 is 2.38 bits per heavy atom. The lowest BCUT2D eigenvalue weighted by Crippen LogP contribution is -2.23. The Morgan fingerprint density at radius 3 is 3.00 bits per heavy atom. The summed E-state index contributed by atoms with van der Waals surface area (Å²) in [5.74, 6) is -0.00475. The van der Waals surface area contributed by atoms with Crippen LogP contribution < -0.4 is 0 Å². The number of hydrogen-bond acceptors (Lipinski definition) is 2. The van der Waals surface area contributed by atoms with Gasteiger partial charge in [-0.25, -0.2) is 4.79 Å². The Morgan fingerprint density at radius 1 is 1.54 bits per heavy atom. The fourth-order valence-corrected chi connectivity index (χ4v) is 1.67. The van der Waals surface area contributed by atoms with Crippen molar-refractivity contribution in [1.29, 1.82) is 0 Å². The first kappa shape index (κ1) is 8.84. The lowest BCUT2D eigenvalue weighted by atomic mass is 10.3. The molecule has 0 N–H and O–H groups in total. The summed E-state index contributed by atoms with van der Waals surface area (Å²) in [6.45, 7) is 1.29. The van der Waals surface area contributed by atoms with Gasteiger partial charge in [0.2, 0.25) is 0 Å². The predicted molar refractivity (Wildman–Crippen MR) is 51.9 cm³/mol. The van der Waals surface area contributed by atoms with Crippen LogP contribution in [-0.4, -0.2) is 29.4 Å². The Bertz CT molecular complexity index is 334. The highest BCUT2D eigenvalue weighted by atomic mass is 79.9. The van der Waals surface area contributed by atoms with E-state index in [4.69, 9.17) is 4.74 Å². The van der Waals surface area contributed by atoms with E-state index in [1.807, 2.05) is 6.08 Å². The van der Waals surface area contributed by atoms with Crippen LogP contribution in [0.1, 0.15) is 6.42 Å². The van der Waals surface area contributed by atoms with Gasteiger partial charge in [0.15, 0.2) is 11.9 Å². The highest BCUT2D eigenvalue weighted by Gasteiger charge is 2.25. The van der Waals surface area contributed by atoms with E-state index in [0.717, 1.165) is 23.2 Å². The van der Waals surface area contributed by atoms with Crippen LogP contribution in [0, 0.1) is 0 Å². The van der Waals surface area contributed by atoms with Crippen LogP contribution in [0.3, 0.4) is 0 Å². The van der Waals surface area contributed by atoms with E-state index in [0.29, 0.717) is 6.61 Å². The maximum absolute atomic E-state index is 11.5. The van der Waals surface area contributed by atoms with Crippen LogP contribution in [0.5, 0.6) is 0 Å². The third-order valence-corrected chi connectivity index (χ3v) is 2.52. The number of carbonyl (C=O) groups excluding carboxylic acids is 1. The van der Waals surface area contributed by atoms with Crippen molar-refractivity contribution in [2.45, 2.75) is 6.42 Å². The Hall–Kier alpha value is -0.740. The molecule has 68 valence electrons. The summed E-state index contributed by atoms with van der Waals surface area (Å²) in [6.07, 6.45) is 6.04. The number of rotatable bonds is 0. The van der Waals surface area contributed by atoms with Crippen molar-refractivity contribution in [3.63, 3.8) is 0 Å². The number of halogens is 1. The monoisotopic (exact) mass is 242 g/mol. The predicted octanol–water partition coefficient (Wildman–Crippen LogP) is 1.19. The molecule has 0 atom stereocenters. The van der Waals surface area contributed by atoms with Crippen molar-refractivity contribution in [1.82, 2.24) is 0 Å². The third kappa shape index (κ3) is 1.78. The first-order valence-electron chi connectivity index (χ1n) is 4.08. The minimum absolute atomic E-state index is 0.00475. The molecule has 0 aromatic rings. The van der Waals surface area contributed by atoms with E-state index in [1.54, 1.807) is 16.9 Å². The SMILES string of the molecule is O=C1C=C(Br)C=C[N+]1=C1CCOC1. The molecular formula is C9H9BrNO2+. The molecule has 0 bridgehead atoms. The summed E-state index contributed by atoms with van der Waals surface area (Å²) in [5.41, 5.74) is 1.04. The lowest BCUT2D eigenvalue weighted by molar-refractivity contribution is -0.378. The third-order valence-electron chi connectivity index (χ3n) is 2.03. The van der Waals surface area contributed by atoms with Crippen LogP contribution in [0.4, 0.5) is 0 Å². The van der Waals surface area contributed by atoms with Gasteiger partial charge in [-0.3, -0.25) is 0 Å². The molecule has 0 aromatic carbocycles. The van der Waals surface area contributed by atoms with Gasteiger partial charge in [-0.15, -0.1) is 4.58 Å². The van der Waals surface area contributed by atoms with Gasteiger partial charge >= 0.3 is 5.91 Å². The Kier molecular flexibility index (Phi) is 2.42. The molecule has 2 heterocycles. The summed E-state index contributed by atoms with van der Waals surface area (Å²) in [7, 11) is 0. The van der Waals surface area contributed by atoms with E-state index in [1.165, 1.54) is 0 Å². The number of carbonyl (C=O) groups is 1. The number of nitrogens with zero attached hydrogens (tertiary/aromatic N) is 1. The average molecular weight is 243 g/mol. The van der Waals surface area contributed by atoms with Gasteiger partial charge in [0.05, 0.1) is 19.1 Å². The number of ether oxygens (including phenoxy) is 1. The minimum Gasteiger partial charge on any atom is -0.370 e. The summed E-state index contributed by atoms with van der Waals surface area (Å²) in [4.78, 5) is 11.5. The van der Waals surface area contributed by atoms with Crippen molar-refractivity contribution in [3.8, 4) is 0 Å². The molecule has 1 saturated heterocycles. The average Bonchev–Trinajstić information content (AvgIpc) is 2.56. The molecule has 0 spiro atoms. The molecule has 0 aliphatic carbocycles. The van der Waals surface area contributed by atoms with Gasteiger partial charge < -0.3 is 4.74 Å². The molecule has 0 saturated carbocycles. The summed E-state index contributed by atoms with van der Waals surface area (Å²) < 4.78 is 7.65. The molecule has 1 fully saturated rings. The van der Waals surface area contributed by atoms with E-state index >= 15 is 0 Å². The first-order chi connectivity index (χ1) is 6.27. The molecule has 2 aliphatic heterocycles. The first-order valence-corrected chi connectivity index (χ1v) is 4.88. The highest BCUT2D eigenvalue weighted by molar-refractivity contribution is 9.11. The zero-order valence-corrected chi connectivity index (χ0v) is 8.58. The Labute approximate surface area is 84.5 Å². The van der Waals surface area contributed by atoms with Gasteiger partial charge in [0.25, 0.3) is 0 Å². The zero-order valence-electron chi connectivity index (χ0n) is 7.00. The molecular weight excluding hydrogens is 234 g/mol. The number of allylic oxidation sites excluding steroid dienone is 2. The molecule has 1 amide bonds. The van der Waals surface area contributed by atoms with Gasteiger partial charge in [-0.05, 0) is 0 Å². The molecule has 0 unspecified atom stereocenters. The van der Waals surface area contributed by atoms with Crippen LogP contribution in [-0.2, 0) is 9.53 Å². The van der Waals surface area contributed by atoms with E-state index in [-0.39, 0.29) is 5.91 Å². The van der Waals surface area contributed by atoms with Crippen LogP contribution >= 0.6 is 15.9 Å². The van der Waals surface area contributed by atoms with Gasteiger partial charge in [-0.2, -0.15) is 0 Å². The highest BCUT2D eigenvalue weighted by Crippen LogP contribution is 2.12. The maximum Gasteiger partial charge on any atom is 0.418 e. The standard InChI is InChI=1S/C9H9BrNO2/c10-7-1-3-11(9(12)5-7)8-2-4-13-6-8/h1,3,5H,2,4,6H2/q+1. The second kappa shape index (κ2) is 3.55. The van der Waals surface area contributed by atoms with Crippen molar-refractivity contribution >= 4 is 27.5 Å². The summed E-state index contributed by atoms with van der Waals surface area (Å²) >= 11 is 3.25. The van der Waals surface area contributed by atoms with E-state index < -0.39 is 0 Å². The molecule has 0 aromatic heterocycles. The summed E-state index contributed by atoms with van der Waals surface area (Å²) in [5, 5.41) is 0. The van der Waals surface area contributed by atoms with Crippen LogP contribution in [0.2, 0.25) is 0 Å². The second-order valence-corrected chi connectivity index (χ2v) is 3.84. The zero-order chi connectivity index (χ0) is 9.26. The van der Waals surface area contributed by atoms with Gasteiger partial charge in [0.1, 0.15) is 6.61 Å². The topological polar surface area (TPSA) is 29.3 Å². The van der Waals surface area contributed by atoms with E-state index in [2.05, 4.69) is 15.9 Å². The minimum atomic E-state index is -0.00475. The van der Waals surface area contributed by atoms with Gasteiger partial charge in [0, 0.05) is 10.6 Å².